The summed E-state index contributed by atoms with van der Waals surface area (Å²) in [6.45, 7) is 5.42. The van der Waals surface area contributed by atoms with Crippen LogP contribution in [0.1, 0.15) is 22.4 Å². The summed E-state index contributed by atoms with van der Waals surface area (Å²) >= 11 is 1.51. The predicted molar refractivity (Wildman–Crippen MR) is 61.8 cm³/mol. The Hall–Kier alpha value is -1.32. The van der Waals surface area contributed by atoms with E-state index in [4.69, 9.17) is 4.42 Å². The Balaban J connectivity index is 2.41. The van der Waals surface area contributed by atoms with E-state index in [9.17, 15) is 5.11 Å². The van der Waals surface area contributed by atoms with Crippen LogP contribution in [0.2, 0.25) is 0 Å². The zero-order chi connectivity index (χ0) is 10.9. The Morgan fingerprint density at radius 3 is 2.80 bits per heavy atom. The van der Waals surface area contributed by atoms with E-state index in [1.165, 1.54) is 11.3 Å². The number of hydrogen-bond donors (Lipinski definition) is 1. The third-order valence-electron chi connectivity index (χ3n) is 2.31. The fourth-order valence-corrected chi connectivity index (χ4v) is 2.31. The molecule has 2 aromatic rings. The minimum absolute atomic E-state index is 0.556. The quantitative estimate of drug-likeness (QED) is 0.861. The van der Waals surface area contributed by atoms with Gasteiger partial charge in [0.15, 0.2) is 5.60 Å². The molecule has 1 unspecified atom stereocenters. The van der Waals surface area contributed by atoms with Gasteiger partial charge in [0.1, 0.15) is 5.76 Å². The second-order valence-electron chi connectivity index (χ2n) is 3.46. The molecule has 1 N–H and O–H groups in total. The Bertz CT molecular complexity index is 452. The van der Waals surface area contributed by atoms with Crippen molar-refractivity contribution in [3.05, 3.63) is 52.6 Å². The summed E-state index contributed by atoms with van der Waals surface area (Å²) in [5.41, 5.74) is -1.06. The minimum Gasteiger partial charge on any atom is -0.466 e. The highest BCUT2D eigenvalue weighted by molar-refractivity contribution is 7.13. The summed E-state index contributed by atoms with van der Waals surface area (Å²) in [5, 5.41) is 10.3. The average molecular weight is 220 g/mol. The molecule has 0 bridgehead atoms. The number of hydrogen-bond acceptors (Lipinski definition) is 3. The Kier molecular flexibility index (Phi) is 2.50. The third-order valence-corrected chi connectivity index (χ3v) is 3.60. The molecule has 0 aliphatic carbocycles. The van der Waals surface area contributed by atoms with Crippen LogP contribution in [0.15, 0.2) is 41.5 Å². The number of aliphatic hydroxyl groups is 1. The first-order chi connectivity index (χ1) is 7.14. The van der Waals surface area contributed by atoms with Crippen LogP contribution in [-0.2, 0) is 5.60 Å². The van der Waals surface area contributed by atoms with Crippen LogP contribution in [0.3, 0.4) is 0 Å². The summed E-state index contributed by atoms with van der Waals surface area (Å²) in [6, 6.07) is 7.37. The average Bonchev–Trinajstić information content (AvgIpc) is 2.89. The van der Waals surface area contributed by atoms with Gasteiger partial charge in [0.05, 0.1) is 6.26 Å². The lowest BCUT2D eigenvalue weighted by atomic mass is 10.0. The van der Waals surface area contributed by atoms with Gasteiger partial charge in [0.2, 0.25) is 0 Å². The molecular formula is C12H12O2S. The predicted octanol–water partition coefficient (Wildman–Crippen LogP) is 3.24. The lowest BCUT2D eigenvalue weighted by Crippen LogP contribution is -2.20. The van der Waals surface area contributed by atoms with Crippen LogP contribution in [0, 0.1) is 0 Å². The van der Waals surface area contributed by atoms with Gasteiger partial charge in [-0.15, -0.1) is 11.3 Å². The maximum atomic E-state index is 10.3. The first-order valence-corrected chi connectivity index (χ1v) is 5.45. The molecule has 0 saturated heterocycles. The van der Waals surface area contributed by atoms with Crippen molar-refractivity contribution in [3.8, 4) is 0 Å². The van der Waals surface area contributed by atoms with Crippen molar-refractivity contribution < 1.29 is 9.52 Å². The molecule has 15 heavy (non-hydrogen) atoms. The van der Waals surface area contributed by atoms with Crippen molar-refractivity contribution in [2.24, 2.45) is 0 Å². The number of rotatable bonds is 3. The highest BCUT2D eigenvalue weighted by atomic mass is 32.1. The second kappa shape index (κ2) is 3.68. The molecule has 0 fully saturated rings. The van der Waals surface area contributed by atoms with Crippen LogP contribution in [0.4, 0.5) is 0 Å². The SMILES string of the molecule is C=Cc1ccc(C(C)(O)c2ccco2)s1. The van der Waals surface area contributed by atoms with E-state index in [2.05, 4.69) is 6.58 Å². The molecule has 0 aliphatic heterocycles. The molecule has 3 heteroatoms. The van der Waals surface area contributed by atoms with Gasteiger partial charge in [-0.25, -0.2) is 0 Å². The molecule has 78 valence electrons. The molecule has 0 saturated carbocycles. The van der Waals surface area contributed by atoms with Gasteiger partial charge in [-0.05, 0) is 31.2 Å². The van der Waals surface area contributed by atoms with Crippen LogP contribution < -0.4 is 0 Å². The molecule has 2 aromatic heterocycles. The third kappa shape index (κ3) is 1.76. The van der Waals surface area contributed by atoms with E-state index in [1.54, 1.807) is 31.4 Å². The van der Waals surface area contributed by atoms with Gasteiger partial charge in [0, 0.05) is 9.75 Å². The Morgan fingerprint density at radius 1 is 1.47 bits per heavy atom. The smallest absolute Gasteiger partial charge is 0.153 e. The zero-order valence-corrected chi connectivity index (χ0v) is 9.25. The molecule has 1 atom stereocenters. The van der Waals surface area contributed by atoms with Crippen LogP contribution >= 0.6 is 11.3 Å². The number of thiophene rings is 1. The number of furan rings is 1. The molecule has 2 heterocycles. The van der Waals surface area contributed by atoms with Crippen molar-refractivity contribution in [1.82, 2.24) is 0 Å². The molecule has 0 amide bonds. The van der Waals surface area contributed by atoms with E-state index in [-0.39, 0.29) is 0 Å². The highest BCUT2D eigenvalue weighted by Gasteiger charge is 2.29. The molecular weight excluding hydrogens is 208 g/mol. The van der Waals surface area contributed by atoms with Gasteiger partial charge >= 0.3 is 0 Å². The minimum atomic E-state index is -1.06. The molecule has 0 spiro atoms. The largest absolute Gasteiger partial charge is 0.466 e. The van der Waals surface area contributed by atoms with Crippen molar-refractivity contribution in [2.75, 3.05) is 0 Å². The molecule has 2 nitrogen and oxygen atoms in total. The normalized spacial score (nSPS) is 14.8. The first-order valence-electron chi connectivity index (χ1n) is 4.63. The van der Waals surface area contributed by atoms with Crippen molar-refractivity contribution >= 4 is 17.4 Å². The summed E-state index contributed by atoms with van der Waals surface area (Å²) in [5.74, 6) is 0.556. The van der Waals surface area contributed by atoms with Crippen LogP contribution in [-0.4, -0.2) is 5.11 Å². The zero-order valence-electron chi connectivity index (χ0n) is 8.43. The van der Waals surface area contributed by atoms with E-state index in [1.807, 2.05) is 12.1 Å². The summed E-state index contributed by atoms with van der Waals surface area (Å²) in [6.07, 6.45) is 3.33. The maximum absolute atomic E-state index is 10.3. The Labute approximate surface area is 92.5 Å². The second-order valence-corrected chi connectivity index (χ2v) is 4.57. The highest BCUT2D eigenvalue weighted by Crippen LogP contribution is 2.34. The summed E-state index contributed by atoms with van der Waals surface area (Å²) < 4.78 is 5.23. The van der Waals surface area contributed by atoms with Gasteiger partial charge in [0.25, 0.3) is 0 Å². The fraction of sp³-hybridized carbons (Fsp3) is 0.167. The monoisotopic (exact) mass is 220 g/mol. The first kappa shape index (κ1) is 10.2. The summed E-state index contributed by atoms with van der Waals surface area (Å²) in [7, 11) is 0. The Morgan fingerprint density at radius 2 is 2.27 bits per heavy atom. The van der Waals surface area contributed by atoms with E-state index >= 15 is 0 Å². The fourth-order valence-electron chi connectivity index (χ4n) is 1.40. The van der Waals surface area contributed by atoms with Crippen molar-refractivity contribution in [2.45, 2.75) is 12.5 Å². The van der Waals surface area contributed by atoms with Gasteiger partial charge in [-0.3, -0.25) is 0 Å². The topological polar surface area (TPSA) is 33.4 Å². The van der Waals surface area contributed by atoms with Crippen molar-refractivity contribution in [1.29, 1.82) is 0 Å². The summed E-state index contributed by atoms with van der Waals surface area (Å²) in [4.78, 5) is 1.89. The van der Waals surface area contributed by atoms with Crippen molar-refractivity contribution in [3.63, 3.8) is 0 Å². The lowest BCUT2D eigenvalue weighted by Gasteiger charge is -2.18. The molecule has 0 aromatic carbocycles. The molecule has 2 rings (SSSR count). The van der Waals surface area contributed by atoms with E-state index < -0.39 is 5.60 Å². The lowest BCUT2D eigenvalue weighted by molar-refractivity contribution is 0.0805. The standard InChI is InChI=1S/C12H12O2S/c1-3-9-6-7-11(15-9)12(2,13)10-5-4-8-14-10/h3-8,13H,1H2,2H3. The van der Waals surface area contributed by atoms with Gasteiger partial charge in [-0.2, -0.15) is 0 Å². The van der Waals surface area contributed by atoms with Gasteiger partial charge in [-0.1, -0.05) is 12.7 Å². The van der Waals surface area contributed by atoms with Crippen LogP contribution in [0.5, 0.6) is 0 Å². The van der Waals surface area contributed by atoms with Gasteiger partial charge < -0.3 is 9.52 Å². The van der Waals surface area contributed by atoms with E-state index in [0.29, 0.717) is 5.76 Å². The van der Waals surface area contributed by atoms with E-state index in [0.717, 1.165) is 9.75 Å². The molecule has 0 aliphatic rings. The maximum Gasteiger partial charge on any atom is 0.153 e. The molecule has 0 radical (unpaired) electrons. The van der Waals surface area contributed by atoms with Crippen LogP contribution in [0.25, 0.3) is 6.08 Å².